The highest BCUT2D eigenvalue weighted by atomic mass is 32.1. The van der Waals surface area contributed by atoms with Gasteiger partial charge in [-0.05, 0) is 25.1 Å². The molecule has 0 aliphatic carbocycles. The molecule has 22 heavy (non-hydrogen) atoms. The molecule has 1 aromatic carbocycles. The lowest BCUT2D eigenvalue weighted by Gasteiger charge is -2.00. The van der Waals surface area contributed by atoms with E-state index in [9.17, 15) is 9.59 Å². The lowest BCUT2D eigenvalue weighted by atomic mass is 10.1. The second kappa shape index (κ2) is 5.65. The second-order valence-electron chi connectivity index (χ2n) is 4.66. The van der Waals surface area contributed by atoms with Gasteiger partial charge in [0.15, 0.2) is 5.76 Å². The van der Waals surface area contributed by atoms with Crippen molar-refractivity contribution in [1.29, 1.82) is 0 Å². The molecule has 112 valence electrons. The number of esters is 1. The number of hydrogen-bond donors (Lipinski definition) is 1. The van der Waals surface area contributed by atoms with Crippen LogP contribution >= 0.6 is 11.3 Å². The molecule has 0 saturated heterocycles. The zero-order valence-corrected chi connectivity index (χ0v) is 12.8. The van der Waals surface area contributed by atoms with Gasteiger partial charge in [0.25, 0.3) is 5.91 Å². The first-order valence-corrected chi connectivity index (χ1v) is 7.39. The average Bonchev–Trinajstić information content (AvgIpc) is 3.12. The predicted octanol–water partition coefficient (Wildman–Crippen LogP) is 3.84. The summed E-state index contributed by atoms with van der Waals surface area (Å²) in [7, 11) is 1.32. The summed E-state index contributed by atoms with van der Waals surface area (Å²) >= 11 is 1.15. The van der Waals surface area contributed by atoms with E-state index >= 15 is 0 Å². The number of nitrogens with one attached hydrogen (secondary N) is 1. The molecule has 3 aromatic rings. The fourth-order valence-electron chi connectivity index (χ4n) is 2.17. The van der Waals surface area contributed by atoms with Crippen molar-refractivity contribution in [2.45, 2.75) is 6.92 Å². The van der Waals surface area contributed by atoms with Crippen molar-refractivity contribution in [3.63, 3.8) is 0 Å². The van der Waals surface area contributed by atoms with Gasteiger partial charge >= 0.3 is 5.97 Å². The van der Waals surface area contributed by atoms with Gasteiger partial charge in [0, 0.05) is 10.9 Å². The number of benzene rings is 1. The number of rotatable bonds is 3. The standard InChI is InChI=1S/C16H13NO4S/c1-9-10-5-3-4-6-11(10)21-14(9)15(18)17-13-8-7-12(22-13)16(19)20-2/h3-8H,1-2H3,(H,17,18). The molecule has 0 radical (unpaired) electrons. The molecular weight excluding hydrogens is 302 g/mol. The number of thiophene rings is 1. The van der Waals surface area contributed by atoms with Crippen LogP contribution in [0, 0.1) is 6.92 Å². The third-order valence-corrected chi connectivity index (χ3v) is 4.26. The van der Waals surface area contributed by atoms with Crippen LogP contribution in [0.25, 0.3) is 11.0 Å². The Kier molecular flexibility index (Phi) is 3.68. The molecule has 1 amide bonds. The molecule has 3 rings (SSSR count). The minimum atomic E-state index is -0.426. The molecule has 0 saturated carbocycles. The molecule has 2 heterocycles. The maximum atomic E-state index is 12.3. The largest absolute Gasteiger partial charge is 0.465 e. The number of amides is 1. The quantitative estimate of drug-likeness (QED) is 0.746. The minimum absolute atomic E-state index is 0.272. The molecule has 0 fully saturated rings. The van der Waals surface area contributed by atoms with Crippen LogP contribution in [-0.4, -0.2) is 19.0 Å². The molecule has 1 N–H and O–H groups in total. The molecular formula is C16H13NO4S. The van der Waals surface area contributed by atoms with Gasteiger partial charge < -0.3 is 14.5 Å². The van der Waals surface area contributed by atoms with Gasteiger partial charge in [0.2, 0.25) is 0 Å². The van der Waals surface area contributed by atoms with Crippen LogP contribution in [0.3, 0.4) is 0 Å². The fourth-order valence-corrected chi connectivity index (χ4v) is 2.99. The third kappa shape index (κ3) is 2.48. The fraction of sp³-hybridized carbons (Fsp3) is 0.125. The van der Waals surface area contributed by atoms with Crippen molar-refractivity contribution < 1.29 is 18.7 Å². The van der Waals surface area contributed by atoms with Crippen LogP contribution in [-0.2, 0) is 4.74 Å². The minimum Gasteiger partial charge on any atom is -0.465 e. The Morgan fingerprint density at radius 3 is 2.68 bits per heavy atom. The zero-order valence-electron chi connectivity index (χ0n) is 12.0. The number of para-hydroxylation sites is 1. The lowest BCUT2D eigenvalue weighted by Crippen LogP contribution is -2.11. The van der Waals surface area contributed by atoms with E-state index in [4.69, 9.17) is 4.42 Å². The number of fused-ring (bicyclic) bond motifs is 1. The van der Waals surface area contributed by atoms with Gasteiger partial charge in [-0.15, -0.1) is 11.3 Å². The van der Waals surface area contributed by atoms with E-state index in [2.05, 4.69) is 10.1 Å². The normalized spacial score (nSPS) is 10.6. The molecule has 0 atom stereocenters. The summed E-state index contributed by atoms with van der Waals surface area (Å²) in [5.74, 6) is -0.494. The SMILES string of the molecule is COC(=O)c1ccc(NC(=O)c2oc3ccccc3c2C)s1. The van der Waals surface area contributed by atoms with Crippen molar-refractivity contribution in [1.82, 2.24) is 0 Å². The van der Waals surface area contributed by atoms with E-state index < -0.39 is 5.97 Å². The Hall–Kier alpha value is -2.60. The van der Waals surface area contributed by atoms with Gasteiger partial charge in [-0.1, -0.05) is 18.2 Å². The van der Waals surface area contributed by atoms with Crippen LogP contribution in [0.4, 0.5) is 5.00 Å². The maximum absolute atomic E-state index is 12.3. The molecule has 0 spiro atoms. The monoisotopic (exact) mass is 315 g/mol. The highest BCUT2D eigenvalue weighted by molar-refractivity contribution is 7.18. The Morgan fingerprint density at radius 1 is 1.18 bits per heavy atom. The average molecular weight is 315 g/mol. The Labute approximate surface area is 130 Å². The number of hydrogen-bond acceptors (Lipinski definition) is 5. The zero-order chi connectivity index (χ0) is 15.7. The van der Waals surface area contributed by atoms with E-state index in [0.717, 1.165) is 22.3 Å². The van der Waals surface area contributed by atoms with Crippen molar-refractivity contribution in [3.05, 3.63) is 52.6 Å². The number of furan rings is 1. The van der Waals surface area contributed by atoms with Crippen LogP contribution < -0.4 is 5.32 Å². The predicted molar refractivity (Wildman–Crippen MR) is 84.6 cm³/mol. The van der Waals surface area contributed by atoms with Crippen molar-refractivity contribution >= 4 is 39.2 Å². The van der Waals surface area contributed by atoms with E-state index in [-0.39, 0.29) is 11.7 Å². The first-order valence-electron chi connectivity index (χ1n) is 6.58. The highest BCUT2D eigenvalue weighted by Crippen LogP contribution is 2.27. The summed E-state index contributed by atoms with van der Waals surface area (Å²) in [5, 5.41) is 4.21. The highest BCUT2D eigenvalue weighted by Gasteiger charge is 2.18. The second-order valence-corrected chi connectivity index (χ2v) is 5.75. The van der Waals surface area contributed by atoms with Gasteiger partial charge in [-0.3, -0.25) is 4.79 Å². The maximum Gasteiger partial charge on any atom is 0.348 e. The Balaban J connectivity index is 1.85. The van der Waals surface area contributed by atoms with Gasteiger partial charge in [0.05, 0.1) is 12.1 Å². The van der Waals surface area contributed by atoms with Gasteiger partial charge in [-0.25, -0.2) is 4.79 Å². The lowest BCUT2D eigenvalue weighted by molar-refractivity contribution is 0.0606. The number of methoxy groups -OCH3 is 1. The summed E-state index contributed by atoms with van der Waals surface area (Å²) in [6.45, 7) is 1.84. The summed E-state index contributed by atoms with van der Waals surface area (Å²) in [6.07, 6.45) is 0. The van der Waals surface area contributed by atoms with Crippen LogP contribution in [0.5, 0.6) is 0 Å². The van der Waals surface area contributed by atoms with Gasteiger partial charge in [-0.2, -0.15) is 0 Å². The van der Waals surface area contributed by atoms with E-state index in [0.29, 0.717) is 15.5 Å². The van der Waals surface area contributed by atoms with Crippen molar-refractivity contribution in [3.8, 4) is 0 Å². The first kappa shape index (κ1) is 14.3. The Bertz CT molecular complexity index is 862. The van der Waals surface area contributed by atoms with E-state index in [1.54, 1.807) is 12.1 Å². The summed E-state index contributed by atoms with van der Waals surface area (Å²) in [6, 6.07) is 10.7. The van der Waals surface area contributed by atoms with Crippen molar-refractivity contribution in [2.24, 2.45) is 0 Å². The summed E-state index contributed by atoms with van der Waals surface area (Å²) in [4.78, 5) is 24.2. The van der Waals surface area contributed by atoms with Crippen molar-refractivity contribution in [2.75, 3.05) is 12.4 Å². The van der Waals surface area contributed by atoms with E-state index in [1.807, 2.05) is 31.2 Å². The molecule has 0 unspecified atom stereocenters. The molecule has 5 nitrogen and oxygen atoms in total. The van der Waals surface area contributed by atoms with E-state index in [1.165, 1.54) is 7.11 Å². The third-order valence-electron chi connectivity index (χ3n) is 3.28. The molecule has 0 bridgehead atoms. The molecule has 0 aliphatic heterocycles. The number of anilines is 1. The van der Waals surface area contributed by atoms with Crippen LogP contribution in [0.2, 0.25) is 0 Å². The number of carbonyl (C=O) groups excluding carboxylic acids is 2. The number of ether oxygens (including phenoxy) is 1. The topological polar surface area (TPSA) is 68.5 Å². The Morgan fingerprint density at radius 2 is 1.95 bits per heavy atom. The molecule has 2 aromatic heterocycles. The van der Waals surface area contributed by atoms with Crippen LogP contribution in [0.15, 0.2) is 40.8 Å². The van der Waals surface area contributed by atoms with Crippen LogP contribution in [0.1, 0.15) is 25.8 Å². The molecule has 6 heteroatoms. The van der Waals surface area contributed by atoms with Gasteiger partial charge in [0.1, 0.15) is 10.5 Å². The number of aryl methyl sites for hydroxylation is 1. The number of carbonyl (C=O) groups is 2. The first-order chi connectivity index (χ1) is 10.6. The molecule has 0 aliphatic rings. The summed E-state index contributed by atoms with van der Waals surface area (Å²) < 4.78 is 10.2. The smallest absolute Gasteiger partial charge is 0.348 e. The summed E-state index contributed by atoms with van der Waals surface area (Å²) in [5.41, 5.74) is 1.46.